The van der Waals surface area contributed by atoms with Crippen molar-refractivity contribution >= 4 is 11.6 Å². The first-order valence-electron chi connectivity index (χ1n) is 9.55. The molecule has 1 amide bonds. The summed E-state index contributed by atoms with van der Waals surface area (Å²) in [5.74, 6) is 1.50. The molecule has 7 heteroatoms. The summed E-state index contributed by atoms with van der Waals surface area (Å²) >= 11 is 0. The maximum absolute atomic E-state index is 13.5. The van der Waals surface area contributed by atoms with Crippen molar-refractivity contribution in [3.63, 3.8) is 0 Å². The van der Waals surface area contributed by atoms with Crippen LogP contribution in [0.3, 0.4) is 0 Å². The second-order valence-corrected chi connectivity index (χ2v) is 6.73. The van der Waals surface area contributed by atoms with E-state index in [0.717, 1.165) is 5.69 Å². The molecule has 0 radical (unpaired) electrons. The number of ether oxygens (including phenoxy) is 3. The lowest BCUT2D eigenvalue weighted by atomic mass is 10.1. The third-order valence-corrected chi connectivity index (χ3v) is 4.67. The summed E-state index contributed by atoms with van der Waals surface area (Å²) in [7, 11) is 1.59. The highest BCUT2D eigenvalue weighted by molar-refractivity contribution is 6.07. The topological polar surface area (TPSA) is 65.8 Å². The van der Waals surface area contributed by atoms with Gasteiger partial charge in [-0.3, -0.25) is 9.69 Å². The number of nitrogens with zero attached hydrogens (tertiary/aromatic N) is 3. The quantitative estimate of drug-likeness (QED) is 0.661. The van der Waals surface area contributed by atoms with Gasteiger partial charge in [0.05, 0.1) is 37.8 Å². The van der Waals surface area contributed by atoms with Gasteiger partial charge in [0.2, 0.25) is 0 Å². The molecule has 3 aromatic rings. The molecule has 29 heavy (non-hydrogen) atoms. The fraction of sp³-hybridized carbons (Fsp3) is 0.273. The number of para-hydroxylation sites is 1. The number of anilines is 1. The molecule has 0 aliphatic carbocycles. The van der Waals surface area contributed by atoms with E-state index in [1.54, 1.807) is 29.0 Å². The van der Waals surface area contributed by atoms with Gasteiger partial charge in [-0.15, -0.1) is 0 Å². The highest BCUT2D eigenvalue weighted by Gasteiger charge is 2.32. The fourth-order valence-corrected chi connectivity index (χ4v) is 3.34. The molecule has 0 unspecified atom stereocenters. The Kier molecular flexibility index (Phi) is 5.12. The maximum atomic E-state index is 13.5. The maximum Gasteiger partial charge on any atom is 0.282 e. The lowest BCUT2D eigenvalue weighted by Gasteiger charge is -2.33. The normalized spacial score (nSPS) is 15.4. The van der Waals surface area contributed by atoms with E-state index in [0.29, 0.717) is 36.1 Å². The minimum atomic E-state index is -0.243. The molecule has 1 aliphatic rings. The van der Waals surface area contributed by atoms with Crippen LogP contribution in [0.25, 0.3) is 5.69 Å². The molecule has 2 aromatic carbocycles. The van der Waals surface area contributed by atoms with E-state index in [-0.39, 0.29) is 17.7 Å². The average Bonchev–Trinajstić information content (AvgIpc) is 3.17. The lowest BCUT2D eigenvalue weighted by Crippen LogP contribution is -2.42. The number of methoxy groups -OCH3 is 1. The van der Waals surface area contributed by atoms with Crippen molar-refractivity contribution in [1.82, 2.24) is 9.78 Å². The molecule has 0 bridgehead atoms. The molecule has 0 saturated carbocycles. The SMILES string of the molecule is CCOc1cn(-c2ccccc2)nc1C(=O)N1C[C@H](C)Oc2ccc(OC)cc21. The predicted molar refractivity (Wildman–Crippen MR) is 109 cm³/mol. The fourth-order valence-electron chi connectivity index (χ4n) is 3.34. The molecule has 1 aromatic heterocycles. The van der Waals surface area contributed by atoms with Gasteiger partial charge in [-0.1, -0.05) is 18.2 Å². The van der Waals surface area contributed by atoms with Crippen LogP contribution in [0.15, 0.2) is 54.7 Å². The lowest BCUT2D eigenvalue weighted by molar-refractivity contribution is 0.0952. The van der Waals surface area contributed by atoms with Crippen LogP contribution in [0.4, 0.5) is 5.69 Å². The Morgan fingerprint density at radius 2 is 2.03 bits per heavy atom. The van der Waals surface area contributed by atoms with Gasteiger partial charge in [-0.05, 0) is 38.1 Å². The van der Waals surface area contributed by atoms with Crippen molar-refractivity contribution in [2.75, 3.05) is 25.2 Å². The summed E-state index contributed by atoms with van der Waals surface area (Å²) in [6, 6.07) is 15.1. The van der Waals surface area contributed by atoms with Gasteiger partial charge in [0.1, 0.15) is 17.6 Å². The van der Waals surface area contributed by atoms with Crippen LogP contribution in [-0.2, 0) is 0 Å². The van der Waals surface area contributed by atoms with Crippen molar-refractivity contribution < 1.29 is 19.0 Å². The molecule has 1 aliphatic heterocycles. The van der Waals surface area contributed by atoms with Gasteiger partial charge < -0.3 is 14.2 Å². The zero-order valence-electron chi connectivity index (χ0n) is 16.7. The number of carbonyl (C=O) groups excluding carboxylic acids is 1. The number of fused-ring (bicyclic) bond motifs is 1. The van der Waals surface area contributed by atoms with Crippen LogP contribution in [0.5, 0.6) is 17.2 Å². The Morgan fingerprint density at radius 3 is 2.76 bits per heavy atom. The molecule has 0 spiro atoms. The smallest absolute Gasteiger partial charge is 0.282 e. The van der Waals surface area contributed by atoms with Crippen molar-refractivity contribution in [3.8, 4) is 22.9 Å². The molecule has 2 heterocycles. The third-order valence-electron chi connectivity index (χ3n) is 4.67. The van der Waals surface area contributed by atoms with Crippen LogP contribution in [0.2, 0.25) is 0 Å². The number of hydrogen-bond donors (Lipinski definition) is 0. The van der Waals surface area contributed by atoms with Crippen LogP contribution < -0.4 is 19.1 Å². The number of carbonyl (C=O) groups is 1. The predicted octanol–water partition coefficient (Wildman–Crippen LogP) is 3.71. The Hall–Kier alpha value is -3.48. The molecule has 1 atom stereocenters. The largest absolute Gasteiger partial charge is 0.497 e. The Morgan fingerprint density at radius 1 is 1.24 bits per heavy atom. The van der Waals surface area contributed by atoms with Crippen LogP contribution in [0.1, 0.15) is 24.3 Å². The monoisotopic (exact) mass is 393 g/mol. The van der Waals surface area contributed by atoms with Crippen molar-refractivity contribution in [2.24, 2.45) is 0 Å². The van der Waals surface area contributed by atoms with E-state index in [1.165, 1.54) is 0 Å². The third kappa shape index (κ3) is 3.63. The first-order chi connectivity index (χ1) is 14.1. The molecule has 4 rings (SSSR count). The second kappa shape index (κ2) is 7.87. The summed E-state index contributed by atoms with van der Waals surface area (Å²) < 4.78 is 18.6. The van der Waals surface area contributed by atoms with E-state index < -0.39 is 0 Å². The summed E-state index contributed by atoms with van der Waals surface area (Å²) in [6.07, 6.45) is 1.59. The number of benzene rings is 2. The van der Waals surface area contributed by atoms with E-state index in [4.69, 9.17) is 14.2 Å². The van der Waals surface area contributed by atoms with Gasteiger partial charge in [0, 0.05) is 6.07 Å². The molecular weight excluding hydrogens is 370 g/mol. The molecule has 7 nitrogen and oxygen atoms in total. The number of aromatic nitrogens is 2. The number of hydrogen-bond acceptors (Lipinski definition) is 5. The zero-order valence-corrected chi connectivity index (χ0v) is 16.7. The second-order valence-electron chi connectivity index (χ2n) is 6.73. The van der Waals surface area contributed by atoms with Gasteiger partial charge >= 0.3 is 0 Å². The minimum absolute atomic E-state index is 0.147. The van der Waals surface area contributed by atoms with Gasteiger partial charge in [-0.25, -0.2) is 4.68 Å². The van der Waals surface area contributed by atoms with Crippen molar-refractivity contribution in [3.05, 3.63) is 60.4 Å². The van der Waals surface area contributed by atoms with Gasteiger partial charge in [0.25, 0.3) is 5.91 Å². The molecule has 150 valence electrons. The van der Waals surface area contributed by atoms with Crippen LogP contribution in [0, 0.1) is 0 Å². The van der Waals surface area contributed by atoms with Gasteiger partial charge in [-0.2, -0.15) is 5.10 Å². The number of amides is 1. The summed E-state index contributed by atoms with van der Waals surface area (Å²) in [5, 5.41) is 4.54. The highest BCUT2D eigenvalue weighted by atomic mass is 16.5. The average molecular weight is 393 g/mol. The van der Waals surface area contributed by atoms with E-state index in [2.05, 4.69) is 5.10 Å². The Balaban J connectivity index is 1.76. The Bertz CT molecular complexity index is 1020. The molecule has 0 N–H and O–H groups in total. The summed E-state index contributed by atoms with van der Waals surface area (Å²) in [5.41, 5.74) is 1.77. The minimum Gasteiger partial charge on any atom is -0.497 e. The van der Waals surface area contributed by atoms with E-state index in [9.17, 15) is 4.79 Å². The first kappa shape index (κ1) is 18.9. The van der Waals surface area contributed by atoms with E-state index >= 15 is 0 Å². The molecule has 0 saturated heterocycles. The Labute approximate surface area is 169 Å². The first-order valence-corrected chi connectivity index (χ1v) is 9.55. The standard InChI is InChI=1S/C22H23N3O4/c1-4-28-20-14-25(16-8-6-5-7-9-16)23-21(20)22(26)24-13-15(2)29-19-11-10-17(27-3)12-18(19)24/h5-12,14-15H,4,13H2,1-3H3/t15-/m0/s1. The van der Waals surface area contributed by atoms with Crippen molar-refractivity contribution in [2.45, 2.75) is 20.0 Å². The van der Waals surface area contributed by atoms with Crippen LogP contribution >= 0.6 is 0 Å². The molecule has 0 fully saturated rings. The molecular formula is C22H23N3O4. The highest BCUT2D eigenvalue weighted by Crippen LogP contribution is 2.38. The summed E-state index contributed by atoms with van der Waals surface area (Å²) in [6.45, 7) is 4.65. The summed E-state index contributed by atoms with van der Waals surface area (Å²) in [4.78, 5) is 15.2. The van der Waals surface area contributed by atoms with Crippen LogP contribution in [-0.4, -0.2) is 42.1 Å². The number of rotatable bonds is 5. The van der Waals surface area contributed by atoms with E-state index in [1.807, 2.05) is 56.3 Å². The van der Waals surface area contributed by atoms with Gasteiger partial charge in [0.15, 0.2) is 11.4 Å². The van der Waals surface area contributed by atoms with Crippen molar-refractivity contribution in [1.29, 1.82) is 0 Å². The zero-order chi connectivity index (χ0) is 20.4.